The van der Waals surface area contributed by atoms with Gasteiger partial charge in [0.2, 0.25) is 5.91 Å². The molecule has 2 heterocycles. The number of halogens is 3. The highest BCUT2D eigenvalue weighted by molar-refractivity contribution is 5.93. The molecule has 0 unspecified atom stereocenters. The van der Waals surface area contributed by atoms with Crippen molar-refractivity contribution < 1.29 is 18.0 Å². The fraction of sp³-hybridized carbons (Fsp3) is 0.500. The van der Waals surface area contributed by atoms with Gasteiger partial charge in [-0.2, -0.15) is 18.3 Å². The van der Waals surface area contributed by atoms with Gasteiger partial charge in [-0.15, -0.1) is 0 Å². The molecule has 5 nitrogen and oxygen atoms in total. The summed E-state index contributed by atoms with van der Waals surface area (Å²) >= 11 is 0. The molecule has 150 valence electrons. The van der Waals surface area contributed by atoms with Crippen molar-refractivity contribution in [1.82, 2.24) is 9.78 Å². The number of hydrogen-bond acceptors (Lipinski definition) is 3. The Hall–Kier alpha value is -2.51. The molecule has 0 bridgehead atoms. The number of aromatic nitrogens is 2. The maximum absolute atomic E-state index is 13.0. The Balaban J connectivity index is 1.46. The third kappa shape index (κ3) is 3.86. The molecule has 0 saturated heterocycles. The van der Waals surface area contributed by atoms with E-state index in [1.165, 1.54) is 25.0 Å². The fourth-order valence-electron chi connectivity index (χ4n) is 4.22. The molecule has 1 aromatic carbocycles. The molecule has 1 aliphatic heterocycles. The Morgan fingerprint density at radius 1 is 1.18 bits per heavy atom. The van der Waals surface area contributed by atoms with E-state index in [-0.39, 0.29) is 12.5 Å². The lowest BCUT2D eigenvalue weighted by atomic mass is 9.99. The lowest BCUT2D eigenvalue weighted by Gasteiger charge is -2.31. The molecule has 1 saturated carbocycles. The van der Waals surface area contributed by atoms with Crippen molar-refractivity contribution in [2.45, 2.75) is 50.7 Å². The standard InChI is InChI=1S/C20H23F3N4O/c21-20(22,23)15-7-8-17-14(12-15)4-3-11-26(17)13-19(28)25-18-9-10-24-27(18)16-5-1-2-6-16/h7-10,12,16H,1-6,11,13H2,(H,25,28). The molecule has 0 spiro atoms. The minimum Gasteiger partial charge on any atom is -0.362 e. The highest BCUT2D eigenvalue weighted by atomic mass is 19.4. The molecule has 1 N–H and O–H groups in total. The number of aryl methyl sites for hydroxylation is 1. The third-order valence-electron chi connectivity index (χ3n) is 5.56. The first-order valence-electron chi connectivity index (χ1n) is 9.70. The van der Waals surface area contributed by atoms with Gasteiger partial charge in [-0.3, -0.25) is 4.79 Å². The van der Waals surface area contributed by atoms with E-state index in [4.69, 9.17) is 0 Å². The lowest BCUT2D eigenvalue weighted by molar-refractivity contribution is -0.137. The quantitative estimate of drug-likeness (QED) is 0.839. The van der Waals surface area contributed by atoms with Gasteiger partial charge in [0.05, 0.1) is 24.3 Å². The molecule has 2 aliphatic rings. The van der Waals surface area contributed by atoms with Gasteiger partial charge >= 0.3 is 6.18 Å². The molecule has 2 aromatic rings. The number of nitrogens with one attached hydrogen (secondary N) is 1. The van der Waals surface area contributed by atoms with Gasteiger partial charge in [-0.25, -0.2) is 4.68 Å². The summed E-state index contributed by atoms with van der Waals surface area (Å²) in [5.74, 6) is 0.494. The van der Waals surface area contributed by atoms with Gasteiger partial charge in [-0.05, 0) is 49.4 Å². The summed E-state index contributed by atoms with van der Waals surface area (Å²) in [5, 5.41) is 7.27. The van der Waals surface area contributed by atoms with Crippen molar-refractivity contribution in [3.63, 3.8) is 0 Å². The van der Waals surface area contributed by atoms with E-state index >= 15 is 0 Å². The predicted molar refractivity (Wildman–Crippen MR) is 100 cm³/mol. The number of carbonyl (C=O) groups is 1. The molecule has 4 rings (SSSR count). The van der Waals surface area contributed by atoms with Crippen LogP contribution in [0.15, 0.2) is 30.5 Å². The molecule has 8 heteroatoms. The minimum atomic E-state index is -4.35. The van der Waals surface area contributed by atoms with E-state index < -0.39 is 11.7 Å². The number of nitrogens with zero attached hydrogens (tertiary/aromatic N) is 3. The molecular formula is C20H23F3N4O. The molecule has 1 aliphatic carbocycles. The zero-order chi connectivity index (χ0) is 19.7. The van der Waals surface area contributed by atoms with Crippen molar-refractivity contribution in [2.24, 2.45) is 0 Å². The van der Waals surface area contributed by atoms with E-state index in [0.29, 0.717) is 36.1 Å². The first-order valence-corrected chi connectivity index (χ1v) is 9.70. The highest BCUT2D eigenvalue weighted by Gasteiger charge is 2.32. The van der Waals surface area contributed by atoms with Crippen LogP contribution in [0.5, 0.6) is 0 Å². The molecule has 1 aromatic heterocycles. The van der Waals surface area contributed by atoms with Gasteiger partial charge < -0.3 is 10.2 Å². The SMILES string of the molecule is O=C(CN1CCCc2cc(C(F)(F)F)ccc21)Nc1ccnn1C1CCCC1. The fourth-order valence-corrected chi connectivity index (χ4v) is 4.22. The van der Waals surface area contributed by atoms with Crippen LogP contribution in [-0.2, 0) is 17.4 Å². The third-order valence-corrected chi connectivity index (χ3v) is 5.56. The summed E-state index contributed by atoms with van der Waals surface area (Å²) in [5.41, 5.74) is 0.710. The average molecular weight is 392 g/mol. The molecule has 0 radical (unpaired) electrons. The Morgan fingerprint density at radius 3 is 2.71 bits per heavy atom. The zero-order valence-electron chi connectivity index (χ0n) is 15.5. The second-order valence-corrected chi connectivity index (χ2v) is 7.51. The van der Waals surface area contributed by atoms with Crippen molar-refractivity contribution in [2.75, 3.05) is 23.3 Å². The second kappa shape index (κ2) is 7.48. The van der Waals surface area contributed by atoms with E-state index in [0.717, 1.165) is 25.3 Å². The van der Waals surface area contributed by atoms with Crippen LogP contribution in [-0.4, -0.2) is 28.8 Å². The molecule has 1 amide bonds. The Labute approximate surface area is 161 Å². The minimum absolute atomic E-state index is 0.105. The number of hydrogen-bond donors (Lipinski definition) is 1. The maximum Gasteiger partial charge on any atom is 0.416 e. The van der Waals surface area contributed by atoms with Crippen LogP contribution in [0, 0.1) is 0 Å². The summed E-state index contributed by atoms with van der Waals surface area (Å²) in [6.45, 7) is 0.752. The number of fused-ring (bicyclic) bond motifs is 1. The number of anilines is 2. The monoisotopic (exact) mass is 392 g/mol. The van der Waals surface area contributed by atoms with Crippen LogP contribution in [0.4, 0.5) is 24.7 Å². The topological polar surface area (TPSA) is 50.2 Å². The van der Waals surface area contributed by atoms with E-state index in [1.54, 1.807) is 12.3 Å². The van der Waals surface area contributed by atoms with Crippen LogP contribution in [0.3, 0.4) is 0 Å². The van der Waals surface area contributed by atoms with E-state index in [9.17, 15) is 18.0 Å². The number of alkyl halides is 3. The molecule has 28 heavy (non-hydrogen) atoms. The Bertz CT molecular complexity index is 855. The van der Waals surface area contributed by atoms with Crippen LogP contribution < -0.4 is 10.2 Å². The first-order chi connectivity index (χ1) is 13.4. The predicted octanol–water partition coefficient (Wildman–Crippen LogP) is 4.41. The summed E-state index contributed by atoms with van der Waals surface area (Å²) in [6.07, 6.45) is 3.10. The normalized spacial score (nSPS) is 17.6. The van der Waals surface area contributed by atoms with Crippen LogP contribution in [0.1, 0.15) is 49.3 Å². The molecular weight excluding hydrogens is 369 g/mol. The molecule has 1 fully saturated rings. The smallest absolute Gasteiger partial charge is 0.362 e. The van der Waals surface area contributed by atoms with Gasteiger partial charge in [0.15, 0.2) is 0 Å². The lowest BCUT2D eigenvalue weighted by Crippen LogP contribution is -2.37. The van der Waals surface area contributed by atoms with Crippen molar-refractivity contribution in [3.05, 3.63) is 41.6 Å². The van der Waals surface area contributed by atoms with Gasteiger partial charge in [-0.1, -0.05) is 12.8 Å². The summed E-state index contributed by atoms with van der Waals surface area (Å²) in [7, 11) is 0. The number of rotatable bonds is 4. The average Bonchev–Trinajstić information content (AvgIpc) is 3.32. The Morgan fingerprint density at radius 2 is 1.96 bits per heavy atom. The van der Waals surface area contributed by atoms with E-state index in [1.807, 2.05) is 9.58 Å². The van der Waals surface area contributed by atoms with Crippen LogP contribution in [0.25, 0.3) is 0 Å². The number of benzene rings is 1. The van der Waals surface area contributed by atoms with Crippen molar-refractivity contribution >= 4 is 17.4 Å². The van der Waals surface area contributed by atoms with Crippen molar-refractivity contribution in [1.29, 1.82) is 0 Å². The van der Waals surface area contributed by atoms with Gasteiger partial charge in [0, 0.05) is 18.3 Å². The van der Waals surface area contributed by atoms with Crippen LogP contribution in [0.2, 0.25) is 0 Å². The number of carbonyl (C=O) groups excluding carboxylic acids is 1. The maximum atomic E-state index is 13.0. The summed E-state index contributed by atoms with van der Waals surface area (Å²) < 4.78 is 40.7. The van der Waals surface area contributed by atoms with Crippen molar-refractivity contribution in [3.8, 4) is 0 Å². The highest BCUT2D eigenvalue weighted by Crippen LogP contribution is 2.35. The summed E-state index contributed by atoms with van der Waals surface area (Å²) in [6, 6.07) is 5.88. The van der Waals surface area contributed by atoms with Crippen LogP contribution >= 0.6 is 0 Å². The Kier molecular flexibility index (Phi) is 5.03. The zero-order valence-corrected chi connectivity index (χ0v) is 15.5. The van der Waals surface area contributed by atoms with Gasteiger partial charge in [0.25, 0.3) is 0 Å². The number of amides is 1. The van der Waals surface area contributed by atoms with Gasteiger partial charge in [0.1, 0.15) is 5.82 Å². The first kappa shape index (κ1) is 18.8. The summed E-state index contributed by atoms with van der Waals surface area (Å²) in [4.78, 5) is 14.5. The second-order valence-electron chi connectivity index (χ2n) is 7.51. The largest absolute Gasteiger partial charge is 0.416 e. The van der Waals surface area contributed by atoms with E-state index in [2.05, 4.69) is 10.4 Å². The molecule has 0 atom stereocenters.